The van der Waals surface area contributed by atoms with Crippen LogP contribution >= 0.6 is 0 Å². The minimum atomic E-state index is -0.132. The molecule has 1 nitrogen and oxygen atoms in total. The molecule has 0 aromatic heterocycles. The van der Waals surface area contributed by atoms with Gasteiger partial charge >= 0.3 is 0 Å². The lowest BCUT2D eigenvalue weighted by Crippen LogP contribution is -2.24. The molecular weight excluding hydrogens is 184 g/mol. The van der Waals surface area contributed by atoms with E-state index in [2.05, 4.69) is 12.1 Å². The molecule has 1 aliphatic carbocycles. The molecule has 0 saturated heterocycles. The van der Waals surface area contributed by atoms with Gasteiger partial charge in [-0.1, -0.05) is 49.6 Å². The molecule has 0 heterocycles. The summed E-state index contributed by atoms with van der Waals surface area (Å²) in [6, 6.07) is 10.3. The van der Waals surface area contributed by atoms with Crippen LogP contribution in [0, 0.1) is 5.92 Å². The summed E-state index contributed by atoms with van der Waals surface area (Å²) in [6.07, 6.45) is 7.09. The average Bonchev–Trinajstić information content (AvgIpc) is 2.31. The number of rotatable bonds is 3. The van der Waals surface area contributed by atoms with Crippen molar-refractivity contribution in [2.75, 3.05) is 0 Å². The highest BCUT2D eigenvalue weighted by Crippen LogP contribution is 2.27. The molecule has 0 aliphatic heterocycles. The third-order valence-corrected chi connectivity index (χ3v) is 3.48. The SMILES string of the molecule is OC(Cc1ccccc1)C1CCCCC1. The fourth-order valence-corrected chi connectivity index (χ4v) is 2.54. The molecule has 15 heavy (non-hydrogen) atoms. The van der Waals surface area contributed by atoms with Gasteiger partial charge in [-0.05, 0) is 30.7 Å². The van der Waals surface area contributed by atoms with E-state index in [0.717, 1.165) is 6.42 Å². The van der Waals surface area contributed by atoms with Crippen molar-refractivity contribution < 1.29 is 5.11 Å². The first-order chi connectivity index (χ1) is 7.36. The Kier molecular flexibility index (Phi) is 3.79. The summed E-state index contributed by atoms with van der Waals surface area (Å²) in [5, 5.41) is 10.1. The predicted octanol–water partition coefficient (Wildman–Crippen LogP) is 3.17. The zero-order chi connectivity index (χ0) is 10.5. The number of hydrogen-bond donors (Lipinski definition) is 1. The molecule has 82 valence electrons. The van der Waals surface area contributed by atoms with Crippen LogP contribution in [0.1, 0.15) is 37.7 Å². The lowest BCUT2D eigenvalue weighted by Gasteiger charge is -2.26. The molecule has 1 aromatic carbocycles. The van der Waals surface area contributed by atoms with E-state index in [4.69, 9.17) is 0 Å². The minimum Gasteiger partial charge on any atom is -0.392 e. The Labute approximate surface area is 92.1 Å². The summed E-state index contributed by atoms with van der Waals surface area (Å²) in [4.78, 5) is 0. The van der Waals surface area contributed by atoms with Crippen LogP contribution in [0.5, 0.6) is 0 Å². The summed E-state index contributed by atoms with van der Waals surface area (Å²) < 4.78 is 0. The van der Waals surface area contributed by atoms with Gasteiger partial charge in [0.05, 0.1) is 6.10 Å². The summed E-state index contributed by atoms with van der Waals surface area (Å²) in [6.45, 7) is 0. The Morgan fingerprint density at radius 2 is 1.73 bits per heavy atom. The second-order valence-electron chi connectivity index (χ2n) is 4.66. The maximum absolute atomic E-state index is 10.1. The van der Waals surface area contributed by atoms with Crippen LogP contribution in [0.3, 0.4) is 0 Å². The third-order valence-electron chi connectivity index (χ3n) is 3.48. The topological polar surface area (TPSA) is 20.2 Å². The van der Waals surface area contributed by atoms with Gasteiger partial charge in [0.2, 0.25) is 0 Å². The van der Waals surface area contributed by atoms with Gasteiger partial charge in [0.1, 0.15) is 0 Å². The monoisotopic (exact) mass is 204 g/mol. The highest BCUT2D eigenvalue weighted by Gasteiger charge is 2.21. The van der Waals surface area contributed by atoms with Crippen molar-refractivity contribution >= 4 is 0 Å². The lowest BCUT2D eigenvalue weighted by atomic mass is 9.83. The number of aliphatic hydroxyl groups excluding tert-OH is 1. The van der Waals surface area contributed by atoms with Gasteiger partial charge in [-0.2, -0.15) is 0 Å². The average molecular weight is 204 g/mol. The van der Waals surface area contributed by atoms with E-state index >= 15 is 0 Å². The van der Waals surface area contributed by atoms with Gasteiger partial charge in [-0.15, -0.1) is 0 Å². The summed E-state index contributed by atoms with van der Waals surface area (Å²) in [5.41, 5.74) is 1.26. The Bertz CT molecular complexity index is 275. The molecular formula is C14H20O. The van der Waals surface area contributed by atoms with Gasteiger partial charge in [0.15, 0.2) is 0 Å². The van der Waals surface area contributed by atoms with E-state index < -0.39 is 0 Å². The largest absolute Gasteiger partial charge is 0.392 e. The number of benzene rings is 1. The van der Waals surface area contributed by atoms with Gasteiger partial charge in [-0.3, -0.25) is 0 Å². The molecule has 1 aliphatic rings. The molecule has 0 amide bonds. The van der Waals surface area contributed by atoms with E-state index in [1.54, 1.807) is 0 Å². The molecule has 1 atom stereocenters. The second-order valence-corrected chi connectivity index (χ2v) is 4.66. The molecule has 0 spiro atoms. The van der Waals surface area contributed by atoms with Crippen molar-refractivity contribution in [1.82, 2.24) is 0 Å². The molecule has 0 radical (unpaired) electrons. The van der Waals surface area contributed by atoms with E-state index in [-0.39, 0.29) is 6.10 Å². The fraction of sp³-hybridized carbons (Fsp3) is 0.571. The van der Waals surface area contributed by atoms with Gasteiger partial charge in [-0.25, -0.2) is 0 Å². The molecule has 1 aromatic rings. The van der Waals surface area contributed by atoms with Crippen LogP contribution < -0.4 is 0 Å². The minimum absolute atomic E-state index is 0.132. The fourth-order valence-electron chi connectivity index (χ4n) is 2.54. The van der Waals surface area contributed by atoms with Crippen molar-refractivity contribution in [3.63, 3.8) is 0 Å². The predicted molar refractivity (Wildman–Crippen MR) is 62.7 cm³/mol. The maximum atomic E-state index is 10.1. The first kappa shape index (κ1) is 10.7. The quantitative estimate of drug-likeness (QED) is 0.801. The standard InChI is InChI=1S/C14H20O/c15-14(13-9-5-2-6-10-13)11-12-7-3-1-4-8-12/h1,3-4,7-8,13-15H,2,5-6,9-11H2. The van der Waals surface area contributed by atoms with Crippen molar-refractivity contribution in [3.05, 3.63) is 35.9 Å². The molecule has 0 bridgehead atoms. The smallest absolute Gasteiger partial charge is 0.0608 e. The summed E-state index contributed by atoms with van der Waals surface area (Å²) in [5.74, 6) is 0.541. The Morgan fingerprint density at radius 3 is 2.40 bits per heavy atom. The van der Waals surface area contributed by atoms with Crippen LogP contribution in [0.2, 0.25) is 0 Å². The maximum Gasteiger partial charge on any atom is 0.0608 e. The number of aliphatic hydroxyl groups is 1. The first-order valence-corrected chi connectivity index (χ1v) is 6.08. The van der Waals surface area contributed by atoms with Crippen LogP contribution in [-0.4, -0.2) is 11.2 Å². The van der Waals surface area contributed by atoms with E-state index in [1.807, 2.05) is 18.2 Å². The molecule has 1 fully saturated rings. The molecule has 1 heteroatoms. The molecule has 1 N–H and O–H groups in total. The molecule has 2 rings (SSSR count). The van der Waals surface area contributed by atoms with Crippen molar-refractivity contribution in [2.24, 2.45) is 5.92 Å². The van der Waals surface area contributed by atoms with E-state index in [1.165, 1.54) is 37.7 Å². The van der Waals surface area contributed by atoms with Gasteiger partial charge < -0.3 is 5.11 Å². The molecule has 1 unspecified atom stereocenters. The van der Waals surface area contributed by atoms with Crippen molar-refractivity contribution in [2.45, 2.75) is 44.6 Å². The summed E-state index contributed by atoms with van der Waals surface area (Å²) in [7, 11) is 0. The Hall–Kier alpha value is -0.820. The lowest BCUT2D eigenvalue weighted by molar-refractivity contribution is 0.0851. The summed E-state index contributed by atoms with van der Waals surface area (Å²) >= 11 is 0. The van der Waals surface area contributed by atoms with E-state index in [0.29, 0.717) is 5.92 Å². The highest BCUT2D eigenvalue weighted by atomic mass is 16.3. The van der Waals surface area contributed by atoms with Crippen LogP contribution in [0.25, 0.3) is 0 Å². The van der Waals surface area contributed by atoms with Gasteiger partial charge in [0, 0.05) is 0 Å². The Balaban J connectivity index is 1.88. The Morgan fingerprint density at radius 1 is 1.07 bits per heavy atom. The zero-order valence-electron chi connectivity index (χ0n) is 9.23. The first-order valence-electron chi connectivity index (χ1n) is 6.08. The number of hydrogen-bond acceptors (Lipinski definition) is 1. The third kappa shape index (κ3) is 3.07. The normalized spacial score (nSPS) is 20.1. The zero-order valence-corrected chi connectivity index (χ0v) is 9.23. The second kappa shape index (κ2) is 5.32. The van der Waals surface area contributed by atoms with Crippen LogP contribution in [-0.2, 0) is 6.42 Å². The van der Waals surface area contributed by atoms with E-state index in [9.17, 15) is 5.11 Å². The molecule has 1 saturated carbocycles. The van der Waals surface area contributed by atoms with Crippen LogP contribution in [0.4, 0.5) is 0 Å². The van der Waals surface area contributed by atoms with Crippen molar-refractivity contribution in [3.8, 4) is 0 Å². The van der Waals surface area contributed by atoms with Crippen molar-refractivity contribution in [1.29, 1.82) is 0 Å². The highest BCUT2D eigenvalue weighted by molar-refractivity contribution is 5.15. The van der Waals surface area contributed by atoms with Gasteiger partial charge in [0.25, 0.3) is 0 Å². The van der Waals surface area contributed by atoms with Crippen LogP contribution in [0.15, 0.2) is 30.3 Å².